The SMILES string of the molecule is O=C(CCCO)NC1CC=CC1. The number of aliphatic hydroxyl groups excluding tert-OH is 1. The minimum absolute atomic E-state index is 0.0535. The summed E-state index contributed by atoms with van der Waals surface area (Å²) < 4.78 is 0. The van der Waals surface area contributed by atoms with Gasteiger partial charge in [0.05, 0.1) is 0 Å². The molecule has 0 radical (unpaired) electrons. The molecule has 0 atom stereocenters. The third kappa shape index (κ3) is 3.05. The zero-order chi connectivity index (χ0) is 8.81. The summed E-state index contributed by atoms with van der Waals surface area (Å²) in [5.41, 5.74) is 0. The van der Waals surface area contributed by atoms with Crippen molar-refractivity contribution in [2.24, 2.45) is 0 Å². The normalized spacial score (nSPS) is 16.8. The molecule has 0 bridgehead atoms. The van der Waals surface area contributed by atoms with Crippen LogP contribution in [0.15, 0.2) is 12.2 Å². The number of amides is 1. The van der Waals surface area contributed by atoms with Gasteiger partial charge in [0.1, 0.15) is 0 Å². The first-order valence-corrected chi connectivity index (χ1v) is 4.38. The molecule has 3 nitrogen and oxygen atoms in total. The maximum Gasteiger partial charge on any atom is 0.220 e. The second-order valence-corrected chi connectivity index (χ2v) is 3.03. The quantitative estimate of drug-likeness (QED) is 0.605. The van der Waals surface area contributed by atoms with E-state index in [1.54, 1.807) is 0 Å². The average molecular weight is 169 g/mol. The summed E-state index contributed by atoms with van der Waals surface area (Å²) in [5, 5.41) is 11.4. The van der Waals surface area contributed by atoms with E-state index in [2.05, 4.69) is 17.5 Å². The number of rotatable bonds is 4. The Morgan fingerprint density at radius 2 is 2.17 bits per heavy atom. The van der Waals surface area contributed by atoms with Gasteiger partial charge in [0.25, 0.3) is 0 Å². The molecule has 1 rings (SSSR count). The second kappa shape index (κ2) is 4.93. The Labute approximate surface area is 72.5 Å². The molecule has 1 amide bonds. The standard InChI is InChI=1S/C9H15NO2/c11-7-3-6-9(12)10-8-4-1-2-5-8/h1-2,8,11H,3-7H2,(H,10,12). The fourth-order valence-corrected chi connectivity index (χ4v) is 1.27. The van der Waals surface area contributed by atoms with E-state index < -0.39 is 0 Å². The van der Waals surface area contributed by atoms with Crippen LogP contribution in [-0.2, 0) is 4.79 Å². The number of aliphatic hydroxyl groups is 1. The minimum atomic E-state index is 0.0535. The minimum Gasteiger partial charge on any atom is -0.396 e. The van der Waals surface area contributed by atoms with Crippen LogP contribution in [-0.4, -0.2) is 23.7 Å². The van der Waals surface area contributed by atoms with Gasteiger partial charge in [-0.05, 0) is 19.3 Å². The molecule has 0 aromatic rings. The highest BCUT2D eigenvalue weighted by atomic mass is 16.3. The average Bonchev–Trinajstić information content (AvgIpc) is 2.53. The van der Waals surface area contributed by atoms with Gasteiger partial charge in [0.15, 0.2) is 0 Å². The van der Waals surface area contributed by atoms with E-state index in [-0.39, 0.29) is 12.5 Å². The molecular weight excluding hydrogens is 154 g/mol. The van der Waals surface area contributed by atoms with Crippen molar-refractivity contribution in [2.75, 3.05) is 6.61 Å². The first-order chi connectivity index (χ1) is 5.83. The Hall–Kier alpha value is -0.830. The number of hydrogen-bond donors (Lipinski definition) is 2. The summed E-state index contributed by atoms with van der Waals surface area (Å²) in [7, 11) is 0. The molecule has 68 valence electrons. The van der Waals surface area contributed by atoms with Crippen LogP contribution in [0, 0.1) is 0 Å². The van der Waals surface area contributed by atoms with E-state index in [1.165, 1.54) is 0 Å². The largest absolute Gasteiger partial charge is 0.396 e. The Bertz CT molecular complexity index is 169. The predicted molar refractivity (Wildman–Crippen MR) is 46.6 cm³/mol. The molecule has 1 aliphatic rings. The highest BCUT2D eigenvalue weighted by Gasteiger charge is 2.12. The molecule has 0 spiro atoms. The summed E-state index contributed by atoms with van der Waals surface area (Å²) in [6, 6.07) is 0.302. The smallest absolute Gasteiger partial charge is 0.220 e. The van der Waals surface area contributed by atoms with Crippen LogP contribution in [0.2, 0.25) is 0 Å². The summed E-state index contributed by atoms with van der Waals surface area (Å²) in [5.74, 6) is 0.0535. The maximum absolute atomic E-state index is 11.1. The van der Waals surface area contributed by atoms with Crippen molar-refractivity contribution < 1.29 is 9.90 Å². The zero-order valence-electron chi connectivity index (χ0n) is 7.12. The van der Waals surface area contributed by atoms with Gasteiger partial charge in [0, 0.05) is 19.1 Å². The van der Waals surface area contributed by atoms with Crippen molar-refractivity contribution in [1.29, 1.82) is 0 Å². The van der Waals surface area contributed by atoms with E-state index in [0.717, 1.165) is 12.8 Å². The molecule has 0 heterocycles. The number of nitrogens with one attached hydrogen (secondary N) is 1. The number of hydrogen-bond acceptors (Lipinski definition) is 2. The summed E-state index contributed by atoms with van der Waals surface area (Å²) >= 11 is 0. The monoisotopic (exact) mass is 169 g/mol. The van der Waals surface area contributed by atoms with Crippen LogP contribution in [0.5, 0.6) is 0 Å². The lowest BCUT2D eigenvalue weighted by atomic mass is 10.2. The van der Waals surface area contributed by atoms with Gasteiger partial charge in [0.2, 0.25) is 5.91 Å². The number of carbonyl (C=O) groups excluding carboxylic acids is 1. The zero-order valence-corrected chi connectivity index (χ0v) is 7.12. The van der Waals surface area contributed by atoms with E-state index in [4.69, 9.17) is 5.11 Å². The molecular formula is C9H15NO2. The lowest BCUT2D eigenvalue weighted by Crippen LogP contribution is -2.32. The third-order valence-corrected chi connectivity index (χ3v) is 1.93. The lowest BCUT2D eigenvalue weighted by Gasteiger charge is -2.10. The van der Waals surface area contributed by atoms with E-state index in [0.29, 0.717) is 18.9 Å². The lowest BCUT2D eigenvalue weighted by molar-refractivity contribution is -0.122. The second-order valence-electron chi connectivity index (χ2n) is 3.03. The topological polar surface area (TPSA) is 49.3 Å². The molecule has 0 saturated carbocycles. The van der Waals surface area contributed by atoms with Gasteiger partial charge in [-0.3, -0.25) is 4.79 Å². The van der Waals surface area contributed by atoms with Gasteiger partial charge in [-0.1, -0.05) is 12.2 Å². The summed E-state index contributed by atoms with van der Waals surface area (Å²) in [6.07, 6.45) is 7.06. The van der Waals surface area contributed by atoms with E-state index in [1.807, 2.05) is 0 Å². The van der Waals surface area contributed by atoms with Gasteiger partial charge in [-0.2, -0.15) is 0 Å². The fraction of sp³-hybridized carbons (Fsp3) is 0.667. The molecule has 1 aliphatic carbocycles. The maximum atomic E-state index is 11.1. The van der Waals surface area contributed by atoms with Crippen molar-refractivity contribution in [3.63, 3.8) is 0 Å². The molecule has 3 heteroatoms. The van der Waals surface area contributed by atoms with Gasteiger partial charge >= 0.3 is 0 Å². The molecule has 0 saturated heterocycles. The predicted octanol–water partition coefficient (Wildman–Crippen LogP) is 0.594. The van der Waals surface area contributed by atoms with Crippen LogP contribution < -0.4 is 5.32 Å². The van der Waals surface area contributed by atoms with Crippen LogP contribution in [0.3, 0.4) is 0 Å². The van der Waals surface area contributed by atoms with Crippen LogP contribution in [0.4, 0.5) is 0 Å². The highest BCUT2D eigenvalue weighted by Crippen LogP contribution is 2.09. The molecule has 12 heavy (non-hydrogen) atoms. The first kappa shape index (κ1) is 9.26. The summed E-state index contributed by atoms with van der Waals surface area (Å²) in [6.45, 7) is 0.0936. The molecule has 0 unspecified atom stereocenters. The Kier molecular flexibility index (Phi) is 3.80. The van der Waals surface area contributed by atoms with Crippen molar-refractivity contribution in [1.82, 2.24) is 5.32 Å². The third-order valence-electron chi connectivity index (χ3n) is 1.93. The van der Waals surface area contributed by atoms with Gasteiger partial charge < -0.3 is 10.4 Å². The Balaban J connectivity index is 2.09. The van der Waals surface area contributed by atoms with Gasteiger partial charge in [-0.15, -0.1) is 0 Å². The molecule has 2 N–H and O–H groups in total. The van der Waals surface area contributed by atoms with Crippen LogP contribution in [0.1, 0.15) is 25.7 Å². The molecule has 0 aromatic heterocycles. The number of carbonyl (C=O) groups is 1. The van der Waals surface area contributed by atoms with Crippen LogP contribution in [0.25, 0.3) is 0 Å². The van der Waals surface area contributed by atoms with E-state index >= 15 is 0 Å². The Morgan fingerprint density at radius 1 is 1.50 bits per heavy atom. The molecule has 0 aromatic carbocycles. The molecule has 0 aliphatic heterocycles. The van der Waals surface area contributed by atoms with Crippen molar-refractivity contribution in [2.45, 2.75) is 31.7 Å². The van der Waals surface area contributed by atoms with Gasteiger partial charge in [-0.25, -0.2) is 0 Å². The van der Waals surface area contributed by atoms with Crippen molar-refractivity contribution in [3.8, 4) is 0 Å². The van der Waals surface area contributed by atoms with Crippen molar-refractivity contribution >= 4 is 5.91 Å². The van der Waals surface area contributed by atoms with Crippen LogP contribution >= 0.6 is 0 Å². The Morgan fingerprint density at radius 3 is 2.75 bits per heavy atom. The van der Waals surface area contributed by atoms with Crippen molar-refractivity contribution in [3.05, 3.63) is 12.2 Å². The fourth-order valence-electron chi connectivity index (χ4n) is 1.27. The summed E-state index contributed by atoms with van der Waals surface area (Å²) in [4.78, 5) is 11.1. The first-order valence-electron chi connectivity index (χ1n) is 4.38. The highest BCUT2D eigenvalue weighted by molar-refractivity contribution is 5.76. The molecule has 0 fully saturated rings. The van der Waals surface area contributed by atoms with E-state index in [9.17, 15) is 4.79 Å².